The first-order valence-electron chi connectivity index (χ1n) is 13.0. The Morgan fingerprint density at radius 3 is 2.67 bits per heavy atom. The van der Waals surface area contributed by atoms with Crippen molar-refractivity contribution in [3.8, 4) is 0 Å². The van der Waals surface area contributed by atoms with E-state index >= 15 is 0 Å². The van der Waals surface area contributed by atoms with E-state index in [1.165, 1.54) is 63.4 Å². The lowest BCUT2D eigenvalue weighted by Crippen LogP contribution is -2.48. The minimum Gasteiger partial charge on any atom is -0.462 e. The molecule has 30 heavy (non-hydrogen) atoms. The van der Waals surface area contributed by atoms with Gasteiger partial charge in [-0.2, -0.15) is 0 Å². The van der Waals surface area contributed by atoms with Crippen LogP contribution in [0.4, 0.5) is 0 Å². The summed E-state index contributed by atoms with van der Waals surface area (Å²) in [7, 11) is 0. The minimum absolute atomic E-state index is 0.0641. The van der Waals surface area contributed by atoms with Gasteiger partial charge in [0.2, 0.25) is 0 Å². The summed E-state index contributed by atoms with van der Waals surface area (Å²) in [4.78, 5) is 24.6. The maximum Gasteiger partial charge on any atom is 0.306 e. The molecule has 4 saturated carbocycles. The second-order valence-electron chi connectivity index (χ2n) is 11.4. The monoisotopic (exact) mass is 412 g/mol. The molecule has 5 aliphatic rings. The molecule has 3 nitrogen and oxygen atoms in total. The van der Waals surface area contributed by atoms with Gasteiger partial charge in [-0.25, -0.2) is 0 Å². The number of esters is 1. The van der Waals surface area contributed by atoms with Crippen molar-refractivity contribution in [2.45, 2.75) is 109 Å². The Labute approximate surface area is 182 Å². The molecule has 0 heterocycles. The van der Waals surface area contributed by atoms with Crippen molar-refractivity contribution in [3.05, 3.63) is 11.6 Å². The van der Waals surface area contributed by atoms with Crippen LogP contribution in [0.1, 0.15) is 103 Å². The van der Waals surface area contributed by atoms with E-state index in [-0.39, 0.29) is 17.5 Å². The Bertz CT molecular complexity index is 703. The lowest BCUT2D eigenvalue weighted by molar-refractivity contribution is -0.159. The van der Waals surface area contributed by atoms with Crippen molar-refractivity contribution >= 4 is 11.8 Å². The van der Waals surface area contributed by atoms with Gasteiger partial charge in [-0.3, -0.25) is 9.59 Å². The fourth-order valence-electron chi connectivity index (χ4n) is 8.34. The van der Waals surface area contributed by atoms with E-state index in [4.69, 9.17) is 4.74 Å². The van der Waals surface area contributed by atoms with E-state index < -0.39 is 0 Å². The lowest BCUT2D eigenvalue weighted by atomic mass is 9.52. The number of hydrogen-bond acceptors (Lipinski definition) is 3. The van der Waals surface area contributed by atoms with Gasteiger partial charge in [0.15, 0.2) is 5.78 Å². The summed E-state index contributed by atoms with van der Waals surface area (Å²) in [5.41, 5.74) is 1.63. The van der Waals surface area contributed by atoms with Crippen molar-refractivity contribution in [1.82, 2.24) is 0 Å². The third-order valence-electron chi connectivity index (χ3n) is 9.97. The lowest BCUT2D eigenvalue weighted by Gasteiger charge is -2.53. The quantitative estimate of drug-likeness (QED) is 0.502. The highest BCUT2D eigenvalue weighted by Crippen LogP contribution is 2.62. The maximum atomic E-state index is 12.7. The van der Waals surface area contributed by atoms with Crippen LogP contribution in [-0.4, -0.2) is 17.9 Å². The van der Waals surface area contributed by atoms with Crippen LogP contribution in [0.25, 0.3) is 0 Å². The van der Waals surface area contributed by atoms with Gasteiger partial charge in [-0.1, -0.05) is 44.6 Å². The second kappa shape index (κ2) is 8.43. The standard InChI is InChI=1S/C27H40O3/c1-27-16-15-22-21-11-9-20(28)17-19(21)8-10-23(22)24(27)12-13-25(27)30-26(29)14-7-18-5-3-2-4-6-18/h17-18,21-25H,2-16H2,1H3/t21-,22+,23-,24+,25+,27+/m1/s1. The van der Waals surface area contributed by atoms with Gasteiger partial charge in [0.1, 0.15) is 6.10 Å². The van der Waals surface area contributed by atoms with Crippen LogP contribution in [0.15, 0.2) is 11.6 Å². The molecule has 4 fully saturated rings. The van der Waals surface area contributed by atoms with Crippen LogP contribution in [0.3, 0.4) is 0 Å². The predicted molar refractivity (Wildman–Crippen MR) is 118 cm³/mol. The second-order valence-corrected chi connectivity index (χ2v) is 11.4. The molecule has 5 aliphatic carbocycles. The Morgan fingerprint density at radius 1 is 1.00 bits per heavy atom. The van der Waals surface area contributed by atoms with Crippen LogP contribution >= 0.6 is 0 Å². The zero-order chi connectivity index (χ0) is 20.7. The van der Waals surface area contributed by atoms with Crippen LogP contribution in [0.5, 0.6) is 0 Å². The smallest absolute Gasteiger partial charge is 0.306 e. The molecular weight excluding hydrogens is 372 g/mol. The normalized spacial score (nSPS) is 41.4. The topological polar surface area (TPSA) is 43.4 Å². The molecule has 0 aromatic carbocycles. The first kappa shape index (κ1) is 20.8. The largest absolute Gasteiger partial charge is 0.462 e. The van der Waals surface area contributed by atoms with Crippen molar-refractivity contribution < 1.29 is 14.3 Å². The minimum atomic E-state index is 0.0641. The highest BCUT2D eigenvalue weighted by molar-refractivity contribution is 5.91. The zero-order valence-electron chi connectivity index (χ0n) is 18.9. The summed E-state index contributed by atoms with van der Waals surface area (Å²) in [5, 5.41) is 0. The molecule has 0 radical (unpaired) electrons. The molecule has 0 aromatic heterocycles. The average molecular weight is 413 g/mol. The number of fused-ring (bicyclic) bond motifs is 5. The average Bonchev–Trinajstić information content (AvgIpc) is 3.09. The van der Waals surface area contributed by atoms with Crippen molar-refractivity contribution in [2.24, 2.45) is 35.0 Å². The van der Waals surface area contributed by atoms with E-state index in [0.717, 1.165) is 49.9 Å². The molecule has 0 unspecified atom stereocenters. The van der Waals surface area contributed by atoms with Gasteiger partial charge in [0.05, 0.1) is 0 Å². The summed E-state index contributed by atoms with van der Waals surface area (Å²) >= 11 is 0. The van der Waals surface area contributed by atoms with Gasteiger partial charge in [-0.15, -0.1) is 0 Å². The summed E-state index contributed by atoms with van der Waals surface area (Å²) in [6, 6.07) is 0. The SMILES string of the molecule is C[C@]12CC[C@@H]3[C@@H](CCC4=CC(=O)CC[C@H]43)[C@@H]1CC[C@@H]2OC(=O)CCC1CCCCC1. The Hall–Kier alpha value is -1.12. The van der Waals surface area contributed by atoms with Gasteiger partial charge in [-0.05, 0) is 87.0 Å². The molecular formula is C27H40O3. The van der Waals surface area contributed by atoms with Gasteiger partial charge < -0.3 is 4.74 Å². The third kappa shape index (κ3) is 3.79. The number of ketones is 1. The third-order valence-corrected chi connectivity index (χ3v) is 9.97. The molecule has 166 valence electrons. The summed E-state index contributed by atoms with van der Waals surface area (Å²) < 4.78 is 6.18. The zero-order valence-corrected chi connectivity index (χ0v) is 18.9. The molecule has 0 N–H and O–H groups in total. The predicted octanol–water partition coefficient (Wildman–Crippen LogP) is 6.40. The van der Waals surface area contributed by atoms with Crippen molar-refractivity contribution in [1.29, 1.82) is 0 Å². The number of carbonyl (C=O) groups is 2. The van der Waals surface area contributed by atoms with E-state index in [1.54, 1.807) is 0 Å². The Balaban J connectivity index is 1.20. The van der Waals surface area contributed by atoms with E-state index in [2.05, 4.69) is 6.92 Å². The molecule has 0 spiro atoms. The molecule has 0 aromatic rings. The van der Waals surface area contributed by atoms with Gasteiger partial charge in [0.25, 0.3) is 0 Å². The summed E-state index contributed by atoms with van der Waals surface area (Å²) in [5.74, 6) is 4.05. The number of rotatable bonds is 4. The first-order chi connectivity index (χ1) is 14.5. The number of hydrogen-bond donors (Lipinski definition) is 0. The van der Waals surface area contributed by atoms with Gasteiger partial charge in [0, 0.05) is 18.3 Å². The highest BCUT2D eigenvalue weighted by atomic mass is 16.5. The highest BCUT2D eigenvalue weighted by Gasteiger charge is 2.57. The van der Waals surface area contributed by atoms with E-state index in [0.29, 0.717) is 24.0 Å². The molecule has 5 rings (SSSR count). The number of carbonyl (C=O) groups excluding carboxylic acids is 2. The van der Waals surface area contributed by atoms with E-state index in [1.807, 2.05) is 6.08 Å². The van der Waals surface area contributed by atoms with E-state index in [9.17, 15) is 9.59 Å². The van der Waals surface area contributed by atoms with Crippen LogP contribution in [0, 0.1) is 35.0 Å². The van der Waals surface area contributed by atoms with Crippen molar-refractivity contribution in [2.75, 3.05) is 0 Å². The fourth-order valence-corrected chi connectivity index (χ4v) is 8.34. The molecule has 0 amide bonds. The molecule has 0 aliphatic heterocycles. The number of allylic oxidation sites excluding steroid dienone is 1. The first-order valence-corrected chi connectivity index (χ1v) is 13.0. The van der Waals surface area contributed by atoms with Crippen LogP contribution in [0.2, 0.25) is 0 Å². The van der Waals surface area contributed by atoms with Crippen molar-refractivity contribution in [3.63, 3.8) is 0 Å². The Morgan fingerprint density at radius 2 is 1.83 bits per heavy atom. The Kier molecular flexibility index (Phi) is 5.84. The summed E-state index contributed by atoms with van der Waals surface area (Å²) in [6.07, 6.45) is 19.4. The van der Waals surface area contributed by atoms with Crippen LogP contribution < -0.4 is 0 Å². The van der Waals surface area contributed by atoms with Gasteiger partial charge >= 0.3 is 5.97 Å². The van der Waals surface area contributed by atoms with Crippen LogP contribution in [-0.2, 0) is 14.3 Å². The molecule has 0 bridgehead atoms. The fraction of sp³-hybridized carbons (Fsp3) is 0.852. The number of ether oxygens (including phenoxy) is 1. The summed E-state index contributed by atoms with van der Waals surface area (Å²) in [6.45, 7) is 2.43. The molecule has 3 heteroatoms. The molecule has 6 atom stereocenters. The maximum absolute atomic E-state index is 12.7. The molecule has 0 saturated heterocycles.